The molecule has 0 saturated heterocycles. The molecule has 0 bridgehead atoms. The molecule has 19 heavy (non-hydrogen) atoms. The highest BCUT2D eigenvalue weighted by Gasteiger charge is 2.12. The predicted octanol–water partition coefficient (Wildman–Crippen LogP) is 4.96. The molecule has 0 spiro atoms. The van der Waals surface area contributed by atoms with Crippen molar-refractivity contribution in [2.24, 2.45) is 0 Å². The van der Waals surface area contributed by atoms with Crippen LogP contribution in [0.25, 0.3) is 0 Å². The average Bonchev–Trinajstić information content (AvgIpc) is 2.43. The van der Waals surface area contributed by atoms with Gasteiger partial charge in [-0.15, -0.1) is 0 Å². The Bertz CT molecular complexity index is 159. The molecule has 1 N–H and O–H groups in total. The summed E-state index contributed by atoms with van der Waals surface area (Å²) < 4.78 is 0. The van der Waals surface area contributed by atoms with E-state index in [0.29, 0.717) is 0 Å². The fourth-order valence-electron chi connectivity index (χ4n) is 2.50. The van der Waals surface area contributed by atoms with E-state index >= 15 is 0 Å². The normalized spacial score (nSPS) is 13.1. The molecule has 1 unspecified atom stereocenters. The summed E-state index contributed by atoms with van der Waals surface area (Å²) >= 11 is 0. The van der Waals surface area contributed by atoms with E-state index in [0.717, 1.165) is 19.5 Å². The first-order valence-electron chi connectivity index (χ1n) is 8.68. The Morgan fingerprint density at radius 1 is 0.684 bits per heavy atom. The molecular weight excluding hydrogens is 234 g/mol. The van der Waals surface area contributed by atoms with Crippen LogP contribution in [-0.2, 0) is 0 Å². The molecule has 2 heteroatoms. The van der Waals surface area contributed by atoms with Crippen LogP contribution in [0.15, 0.2) is 0 Å². The van der Waals surface area contributed by atoms with Crippen LogP contribution in [0.1, 0.15) is 91.4 Å². The first-order chi connectivity index (χ1) is 9.26. The van der Waals surface area contributed by atoms with Crippen LogP contribution in [-0.4, -0.2) is 29.3 Å². The summed E-state index contributed by atoms with van der Waals surface area (Å²) in [5.41, 5.74) is 0. The van der Waals surface area contributed by atoms with Gasteiger partial charge in [-0.05, 0) is 19.3 Å². The van der Waals surface area contributed by atoms with Crippen molar-refractivity contribution in [2.45, 2.75) is 97.6 Å². The first kappa shape index (κ1) is 18.9. The topological polar surface area (TPSA) is 23.5 Å². The lowest BCUT2D eigenvalue weighted by Crippen LogP contribution is -2.36. The van der Waals surface area contributed by atoms with Crippen molar-refractivity contribution in [2.75, 3.05) is 13.1 Å². The molecule has 0 fully saturated rings. The first-order valence-corrected chi connectivity index (χ1v) is 8.68. The van der Waals surface area contributed by atoms with E-state index in [1.807, 2.05) is 0 Å². The van der Waals surface area contributed by atoms with E-state index in [4.69, 9.17) is 0 Å². The number of nitrogens with zero attached hydrogens (tertiary/aromatic N) is 1. The molecule has 1 atom stereocenters. The number of hydrogen-bond donors (Lipinski definition) is 1. The van der Waals surface area contributed by atoms with Gasteiger partial charge in [-0.2, -0.15) is 0 Å². The fourth-order valence-corrected chi connectivity index (χ4v) is 2.50. The fraction of sp³-hybridized carbons (Fsp3) is 1.00. The molecule has 0 aliphatic heterocycles. The lowest BCUT2D eigenvalue weighted by atomic mass is 10.1. The minimum absolute atomic E-state index is 0.225. The van der Waals surface area contributed by atoms with Gasteiger partial charge in [0.2, 0.25) is 0 Å². The standard InChI is InChI=1S/C17H37NO/c1-4-7-9-11-13-15-18(17(19)6-3)16-14-12-10-8-5-2/h17,19H,4-16H2,1-3H3. The van der Waals surface area contributed by atoms with E-state index in [2.05, 4.69) is 25.7 Å². The zero-order valence-corrected chi connectivity index (χ0v) is 13.7. The van der Waals surface area contributed by atoms with Crippen molar-refractivity contribution < 1.29 is 5.11 Å². The van der Waals surface area contributed by atoms with Gasteiger partial charge in [-0.25, -0.2) is 0 Å². The van der Waals surface area contributed by atoms with Gasteiger partial charge >= 0.3 is 0 Å². The molecule has 0 saturated carbocycles. The molecule has 0 amide bonds. The second-order valence-electron chi connectivity index (χ2n) is 5.75. The third-order valence-corrected chi connectivity index (χ3v) is 3.88. The zero-order chi connectivity index (χ0) is 14.3. The molecule has 116 valence electrons. The van der Waals surface area contributed by atoms with Crippen LogP contribution in [0.2, 0.25) is 0 Å². The minimum atomic E-state index is -0.225. The van der Waals surface area contributed by atoms with Gasteiger partial charge in [0.1, 0.15) is 6.23 Å². The van der Waals surface area contributed by atoms with Crippen LogP contribution >= 0.6 is 0 Å². The number of rotatable bonds is 14. The molecule has 0 aliphatic carbocycles. The summed E-state index contributed by atoms with van der Waals surface area (Å²) in [6.45, 7) is 8.73. The van der Waals surface area contributed by atoms with Gasteiger partial charge < -0.3 is 5.11 Å². The van der Waals surface area contributed by atoms with Crippen molar-refractivity contribution >= 4 is 0 Å². The Morgan fingerprint density at radius 2 is 1.11 bits per heavy atom. The lowest BCUT2D eigenvalue weighted by molar-refractivity contribution is -0.000997. The molecule has 0 aromatic rings. The minimum Gasteiger partial charge on any atom is -0.378 e. The van der Waals surface area contributed by atoms with Gasteiger partial charge in [0.25, 0.3) is 0 Å². The highest BCUT2D eigenvalue weighted by Crippen LogP contribution is 2.10. The SMILES string of the molecule is CCCCCCCN(CCCCCCC)C(O)CC. The molecule has 0 radical (unpaired) electrons. The lowest BCUT2D eigenvalue weighted by Gasteiger charge is -2.27. The maximum atomic E-state index is 10.0. The Kier molecular flexibility index (Phi) is 14.3. The van der Waals surface area contributed by atoms with Gasteiger partial charge in [0, 0.05) is 13.1 Å². The van der Waals surface area contributed by atoms with E-state index in [1.165, 1.54) is 64.2 Å². The maximum Gasteiger partial charge on any atom is 0.107 e. The van der Waals surface area contributed by atoms with Gasteiger partial charge in [0.15, 0.2) is 0 Å². The molecule has 2 nitrogen and oxygen atoms in total. The quantitative estimate of drug-likeness (QED) is 0.356. The van der Waals surface area contributed by atoms with Gasteiger partial charge in [-0.1, -0.05) is 72.1 Å². The smallest absolute Gasteiger partial charge is 0.107 e. The molecule has 0 aromatic carbocycles. The zero-order valence-electron chi connectivity index (χ0n) is 13.7. The third kappa shape index (κ3) is 11.4. The molecule has 0 aromatic heterocycles. The van der Waals surface area contributed by atoms with E-state index in [1.54, 1.807) is 0 Å². The maximum absolute atomic E-state index is 10.0. The highest BCUT2D eigenvalue weighted by molar-refractivity contribution is 4.62. The second kappa shape index (κ2) is 14.3. The average molecular weight is 271 g/mol. The van der Waals surface area contributed by atoms with Crippen LogP contribution in [0, 0.1) is 0 Å². The summed E-state index contributed by atoms with van der Waals surface area (Å²) in [5, 5.41) is 10.0. The Balaban J connectivity index is 3.70. The van der Waals surface area contributed by atoms with Crippen molar-refractivity contribution in [1.82, 2.24) is 4.90 Å². The molecule has 0 aliphatic rings. The predicted molar refractivity (Wildman–Crippen MR) is 85.4 cm³/mol. The van der Waals surface area contributed by atoms with Crippen LogP contribution in [0.4, 0.5) is 0 Å². The van der Waals surface area contributed by atoms with Crippen molar-refractivity contribution in [3.63, 3.8) is 0 Å². The summed E-state index contributed by atoms with van der Waals surface area (Å²) in [6.07, 6.45) is 13.8. The van der Waals surface area contributed by atoms with Crippen molar-refractivity contribution in [3.8, 4) is 0 Å². The number of aliphatic hydroxyl groups excluding tert-OH is 1. The largest absolute Gasteiger partial charge is 0.378 e. The van der Waals surface area contributed by atoms with Crippen molar-refractivity contribution in [1.29, 1.82) is 0 Å². The van der Waals surface area contributed by atoms with E-state index < -0.39 is 0 Å². The van der Waals surface area contributed by atoms with E-state index in [-0.39, 0.29) is 6.23 Å². The Labute approximate surface area is 121 Å². The van der Waals surface area contributed by atoms with Crippen LogP contribution < -0.4 is 0 Å². The summed E-state index contributed by atoms with van der Waals surface area (Å²) in [4.78, 5) is 2.29. The summed E-state index contributed by atoms with van der Waals surface area (Å²) in [6, 6.07) is 0. The Hall–Kier alpha value is -0.0800. The van der Waals surface area contributed by atoms with Crippen LogP contribution in [0.5, 0.6) is 0 Å². The third-order valence-electron chi connectivity index (χ3n) is 3.88. The van der Waals surface area contributed by atoms with E-state index in [9.17, 15) is 5.11 Å². The molecule has 0 heterocycles. The van der Waals surface area contributed by atoms with Gasteiger partial charge in [-0.3, -0.25) is 4.90 Å². The van der Waals surface area contributed by atoms with Crippen molar-refractivity contribution in [3.05, 3.63) is 0 Å². The number of hydrogen-bond acceptors (Lipinski definition) is 2. The molecular formula is C17H37NO. The van der Waals surface area contributed by atoms with Gasteiger partial charge in [0.05, 0.1) is 0 Å². The second-order valence-corrected chi connectivity index (χ2v) is 5.75. The number of aliphatic hydroxyl groups is 1. The van der Waals surface area contributed by atoms with Crippen LogP contribution in [0.3, 0.4) is 0 Å². The highest BCUT2D eigenvalue weighted by atomic mass is 16.3. The summed E-state index contributed by atoms with van der Waals surface area (Å²) in [5.74, 6) is 0. The molecule has 0 rings (SSSR count). The summed E-state index contributed by atoms with van der Waals surface area (Å²) in [7, 11) is 0. The number of unbranched alkanes of at least 4 members (excludes halogenated alkanes) is 8. The Morgan fingerprint density at radius 3 is 1.47 bits per heavy atom. The monoisotopic (exact) mass is 271 g/mol.